The summed E-state index contributed by atoms with van der Waals surface area (Å²) in [6.45, 7) is 7.48. The molecule has 222 valence electrons. The lowest BCUT2D eigenvalue weighted by atomic mass is 9.91. The number of H-pyrrole nitrogens is 1. The molecular formula is C32H41N7O3. The highest BCUT2D eigenvalue weighted by atomic mass is 16.3. The summed E-state index contributed by atoms with van der Waals surface area (Å²) >= 11 is 0. The van der Waals surface area contributed by atoms with Crippen molar-refractivity contribution in [3.63, 3.8) is 0 Å². The number of nitrogens with zero attached hydrogens (tertiary/aromatic N) is 6. The molecule has 1 aromatic heterocycles. The van der Waals surface area contributed by atoms with Crippen molar-refractivity contribution in [2.24, 2.45) is 4.99 Å². The number of hydrogen-bond acceptors (Lipinski definition) is 7. The number of aliphatic hydroxyl groups excluding tert-OH is 1. The van der Waals surface area contributed by atoms with Crippen LogP contribution in [0, 0.1) is 0 Å². The number of nitrogens with one attached hydrogen (secondary N) is 1. The van der Waals surface area contributed by atoms with Crippen molar-refractivity contribution in [1.29, 1.82) is 0 Å². The van der Waals surface area contributed by atoms with Gasteiger partial charge in [-0.15, -0.1) is 0 Å². The van der Waals surface area contributed by atoms with Crippen LogP contribution in [0.15, 0.2) is 77.9 Å². The number of aromatic nitrogens is 2. The van der Waals surface area contributed by atoms with E-state index in [1.54, 1.807) is 6.20 Å². The third kappa shape index (κ3) is 5.20. The normalized spacial score (nSPS) is 21.2. The van der Waals surface area contributed by atoms with E-state index in [2.05, 4.69) is 22.3 Å². The molecule has 0 saturated carbocycles. The summed E-state index contributed by atoms with van der Waals surface area (Å²) in [5, 5.41) is 21.4. The summed E-state index contributed by atoms with van der Waals surface area (Å²) < 4.78 is 0. The molecule has 1 saturated heterocycles. The number of benzene rings is 2. The average Bonchev–Trinajstić information content (AvgIpc) is 3.67. The van der Waals surface area contributed by atoms with E-state index in [1.165, 1.54) is 4.90 Å². The molecule has 3 aromatic rings. The Bertz CT molecular complexity index is 1370. The molecule has 10 heteroatoms. The zero-order chi connectivity index (χ0) is 29.7. The van der Waals surface area contributed by atoms with E-state index in [0.29, 0.717) is 51.3 Å². The number of hydrogen-bond donors (Lipinski definition) is 2. The first-order chi connectivity index (χ1) is 20.5. The molecule has 42 heavy (non-hydrogen) atoms. The van der Waals surface area contributed by atoms with Crippen molar-refractivity contribution in [3.05, 3.63) is 89.7 Å². The first-order valence-corrected chi connectivity index (χ1v) is 15.0. The Hall–Kier alpha value is -4.02. The van der Waals surface area contributed by atoms with E-state index in [9.17, 15) is 14.7 Å². The largest absolute Gasteiger partial charge is 0.395 e. The van der Waals surface area contributed by atoms with Gasteiger partial charge in [-0.05, 0) is 36.5 Å². The van der Waals surface area contributed by atoms with E-state index >= 15 is 0 Å². The number of aliphatic hydroxyl groups is 1. The number of amidine groups is 1. The van der Waals surface area contributed by atoms with Gasteiger partial charge in [0.1, 0.15) is 5.84 Å². The molecule has 2 aromatic carbocycles. The van der Waals surface area contributed by atoms with E-state index in [-0.39, 0.29) is 24.5 Å². The minimum atomic E-state index is -1.13. The minimum Gasteiger partial charge on any atom is -0.395 e. The molecule has 0 radical (unpaired) electrons. The van der Waals surface area contributed by atoms with Crippen molar-refractivity contribution >= 4 is 17.8 Å². The highest BCUT2D eigenvalue weighted by molar-refractivity contribution is 6.06. The smallest absolute Gasteiger partial charge is 0.328 e. The van der Waals surface area contributed by atoms with Gasteiger partial charge in [-0.1, -0.05) is 81.4 Å². The number of likely N-dealkylation sites (N-methyl/N-ethyl adjacent to an activating group) is 1. The molecule has 2 N–H and O–H groups in total. The fourth-order valence-corrected chi connectivity index (χ4v) is 6.35. The Morgan fingerprint density at radius 3 is 2.31 bits per heavy atom. The van der Waals surface area contributed by atoms with Gasteiger partial charge in [-0.2, -0.15) is 5.10 Å². The first kappa shape index (κ1) is 29.5. The Morgan fingerprint density at radius 1 is 1.00 bits per heavy atom. The molecule has 5 rings (SSSR count). The summed E-state index contributed by atoms with van der Waals surface area (Å²) in [6, 6.07) is 20.9. The maximum Gasteiger partial charge on any atom is 0.328 e. The predicted molar refractivity (Wildman–Crippen MR) is 162 cm³/mol. The summed E-state index contributed by atoms with van der Waals surface area (Å²) in [5.41, 5.74) is 1.80. The summed E-state index contributed by atoms with van der Waals surface area (Å²) in [7, 11) is 0. The van der Waals surface area contributed by atoms with Gasteiger partial charge in [0.15, 0.2) is 11.7 Å². The summed E-state index contributed by atoms with van der Waals surface area (Å²) in [6.07, 6.45) is 3.45. The number of carbonyl (C=O) groups excluding carboxylic acids is 2. The van der Waals surface area contributed by atoms with E-state index in [4.69, 9.17) is 4.99 Å². The molecule has 3 amide bonds. The second-order valence-electron chi connectivity index (χ2n) is 10.7. The van der Waals surface area contributed by atoms with Crippen LogP contribution in [-0.4, -0.2) is 97.4 Å². The van der Waals surface area contributed by atoms with Gasteiger partial charge >= 0.3 is 6.03 Å². The minimum absolute atomic E-state index is 0.0902. The summed E-state index contributed by atoms with van der Waals surface area (Å²) in [4.78, 5) is 37.3. The van der Waals surface area contributed by atoms with Crippen LogP contribution in [0.2, 0.25) is 0 Å². The number of aliphatic imine (C=N–C) groups is 1. The number of hydrazine groups is 1. The molecule has 1 fully saturated rings. The highest BCUT2D eigenvalue weighted by Crippen LogP contribution is 2.44. The van der Waals surface area contributed by atoms with Crippen LogP contribution in [0.3, 0.4) is 0 Å². The predicted octanol–water partition coefficient (Wildman–Crippen LogP) is 3.88. The molecule has 10 nitrogen and oxygen atoms in total. The van der Waals surface area contributed by atoms with Gasteiger partial charge in [0.05, 0.1) is 18.2 Å². The van der Waals surface area contributed by atoms with Crippen LogP contribution in [0.5, 0.6) is 0 Å². The Labute approximate surface area is 247 Å². The first-order valence-electron chi connectivity index (χ1n) is 15.0. The molecule has 0 bridgehead atoms. The van der Waals surface area contributed by atoms with Crippen LogP contribution in [-0.2, 0) is 11.2 Å². The van der Waals surface area contributed by atoms with Crippen LogP contribution in [0.25, 0.3) is 0 Å². The zero-order valence-electron chi connectivity index (χ0n) is 24.7. The van der Waals surface area contributed by atoms with Crippen LogP contribution in [0.1, 0.15) is 56.4 Å². The fourth-order valence-electron chi connectivity index (χ4n) is 6.35. The lowest BCUT2D eigenvalue weighted by molar-refractivity contribution is -0.151. The van der Waals surface area contributed by atoms with Gasteiger partial charge in [-0.25, -0.2) is 14.8 Å². The number of rotatable bonds is 13. The van der Waals surface area contributed by atoms with Gasteiger partial charge in [0.25, 0.3) is 5.91 Å². The number of carbonyl (C=O) groups is 2. The average molecular weight is 572 g/mol. The molecule has 3 heterocycles. The summed E-state index contributed by atoms with van der Waals surface area (Å²) in [5.74, 6) is 0.0111. The highest BCUT2D eigenvalue weighted by Gasteiger charge is 2.63. The standard InChI is InChI=1S/C32H41N7O3/c1-4-20-37-30(41)28-32(5-2,38(31(37)42)21-18-24-13-9-7-10-14-24)34-29(39(28)36(6-3)22-23-40)27(26-17-19-33-35-26)25-15-11-8-12-16-25/h7-17,19,27-28,40H,4-6,18,20-23H2,1-3H3,(H,33,35). The lowest BCUT2D eigenvalue weighted by Gasteiger charge is -2.51. The second-order valence-corrected chi connectivity index (χ2v) is 10.7. The second kappa shape index (κ2) is 12.9. The van der Waals surface area contributed by atoms with Gasteiger partial charge < -0.3 is 5.11 Å². The molecule has 2 aliphatic heterocycles. The third-order valence-electron chi connectivity index (χ3n) is 8.34. The fraction of sp³-hybridized carbons (Fsp3) is 0.438. The van der Waals surface area contributed by atoms with Crippen molar-refractivity contribution in [3.8, 4) is 0 Å². The quantitative estimate of drug-likeness (QED) is 0.323. The van der Waals surface area contributed by atoms with Gasteiger partial charge in [-0.3, -0.25) is 24.7 Å². The number of amides is 3. The van der Waals surface area contributed by atoms with E-state index < -0.39 is 11.7 Å². The molecule has 0 spiro atoms. The van der Waals surface area contributed by atoms with Crippen LogP contribution >= 0.6 is 0 Å². The van der Waals surface area contributed by atoms with Crippen molar-refractivity contribution in [2.75, 3.05) is 32.8 Å². The van der Waals surface area contributed by atoms with Crippen LogP contribution in [0.4, 0.5) is 4.79 Å². The lowest BCUT2D eigenvalue weighted by Crippen LogP contribution is -2.74. The van der Waals surface area contributed by atoms with E-state index in [0.717, 1.165) is 16.8 Å². The Morgan fingerprint density at radius 2 is 1.71 bits per heavy atom. The molecule has 2 aliphatic rings. The number of urea groups is 1. The molecule has 3 unspecified atom stereocenters. The topological polar surface area (TPSA) is 108 Å². The zero-order valence-corrected chi connectivity index (χ0v) is 24.7. The Kier molecular flexibility index (Phi) is 9.03. The molecule has 3 atom stereocenters. The van der Waals surface area contributed by atoms with Crippen molar-refractivity contribution in [1.82, 2.24) is 30.0 Å². The van der Waals surface area contributed by atoms with Crippen LogP contribution < -0.4 is 0 Å². The Balaban J connectivity index is 1.71. The SMILES string of the molecule is CCCN1C(=O)C2N(N(CC)CCO)C(C(c3ccccc3)c3ccn[nH]3)=NC2(CC)N(CCc2ccccc2)C1=O. The number of imide groups is 1. The van der Waals surface area contributed by atoms with Crippen molar-refractivity contribution in [2.45, 2.75) is 57.7 Å². The molecule has 0 aliphatic carbocycles. The van der Waals surface area contributed by atoms with Gasteiger partial charge in [0.2, 0.25) is 0 Å². The maximum atomic E-state index is 14.5. The maximum absolute atomic E-state index is 14.5. The number of fused-ring (bicyclic) bond motifs is 1. The van der Waals surface area contributed by atoms with Gasteiger partial charge in [0, 0.05) is 32.4 Å². The van der Waals surface area contributed by atoms with E-state index in [1.807, 2.05) is 90.3 Å². The number of aromatic amines is 1. The van der Waals surface area contributed by atoms with Crippen molar-refractivity contribution < 1.29 is 14.7 Å². The monoisotopic (exact) mass is 571 g/mol. The third-order valence-corrected chi connectivity index (χ3v) is 8.34. The molecular weight excluding hydrogens is 530 g/mol.